The number of aliphatic hydroxyl groups excluding tert-OH is 3. The minimum Gasteiger partial charge on any atom is -0.394 e. The van der Waals surface area contributed by atoms with Crippen LogP contribution in [0.2, 0.25) is 0 Å². The summed E-state index contributed by atoms with van der Waals surface area (Å²) in [5, 5.41) is 29.7. The zero-order valence-electron chi connectivity index (χ0n) is 8.96. The lowest BCUT2D eigenvalue weighted by atomic mass is 10.0. The molecule has 0 aromatic carbocycles. The molecule has 0 aromatic heterocycles. The van der Waals surface area contributed by atoms with Crippen LogP contribution >= 0.6 is 0 Å². The van der Waals surface area contributed by atoms with Crippen LogP contribution in [0.1, 0.15) is 12.8 Å². The summed E-state index contributed by atoms with van der Waals surface area (Å²) >= 11 is 0. The Kier molecular flexibility index (Phi) is 8.71. The molecule has 0 fully saturated rings. The van der Waals surface area contributed by atoms with Crippen LogP contribution in [0.5, 0.6) is 0 Å². The van der Waals surface area contributed by atoms with E-state index in [0.717, 1.165) is 0 Å². The van der Waals surface area contributed by atoms with Crippen molar-refractivity contribution in [2.24, 2.45) is 0 Å². The zero-order valence-corrected chi connectivity index (χ0v) is 9.86. The molecular formula is C8H19NO6S. The first-order valence-corrected chi connectivity index (χ1v) is 6.04. The third-order valence-electron chi connectivity index (χ3n) is 2.18. The number of unbranched alkanes of at least 4 members (excludes halogenated alkanes) is 1. The van der Waals surface area contributed by atoms with Crippen molar-refractivity contribution in [3.05, 3.63) is 0 Å². The SMILES string of the molecule is O=[SH](=O)OCCCCNC(CO)(CO)CO. The molecule has 0 spiro atoms. The van der Waals surface area contributed by atoms with Gasteiger partial charge in [-0.25, -0.2) is 8.42 Å². The van der Waals surface area contributed by atoms with Crippen LogP contribution in [0.25, 0.3) is 0 Å². The number of hydrogen-bond donors (Lipinski definition) is 5. The van der Waals surface area contributed by atoms with Crippen LogP contribution < -0.4 is 5.32 Å². The van der Waals surface area contributed by atoms with E-state index < -0.39 is 16.5 Å². The van der Waals surface area contributed by atoms with E-state index in [9.17, 15) is 8.42 Å². The Balaban J connectivity index is 3.63. The molecular weight excluding hydrogens is 238 g/mol. The highest BCUT2D eigenvalue weighted by molar-refractivity contribution is 7.67. The quantitative estimate of drug-likeness (QED) is 0.219. The monoisotopic (exact) mass is 257 g/mol. The van der Waals surface area contributed by atoms with Gasteiger partial charge < -0.3 is 20.6 Å². The predicted molar refractivity (Wildman–Crippen MR) is 57.5 cm³/mol. The normalized spacial score (nSPS) is 12.2. The van der Waals surface area contributed by atoms with Gasteiger partial charge in [-0.05, 0) is 19.4 Å². The van der Waals surface area contributed by atoms with Crippen molar-refractivity contribution in [1.29, 1.82) is 0 Å². The van der Waals surface area contributed by atoms with E-state index in [1.165, 1.54) is 0 Å². The molecule has 0 bridgehead atoms. The van der Waals surface area contributed by atoms with Gasteiger partial charge in [0.15, 0.2) is 0 Å². The zero-order chi connectivity index (χ0) is 12.4. The Morgan fingerprint density at radius 2 is 1.62 bits per heavy atom. The van der Waals surface area contributed by atoms with Gasteiger partial charge in [-0.3, -0.25) is 4.18 Å². The maximum Gasteiger partial charge on any atom is 0.257 e. The van der Waals surface area contributed by atoms with Crippen molar-refractivity contribution in [2.45, 2.75) is 18.4 Å². The van der Waals surface area contributed by atoms with Gasteiger partial charge in [0.25, 0.3) is 11.0 Å². The number of nitrogens with one attached hydrogen (secondary N) is 1. The average molecular weight is 257 g/mol. The number of aliphatic hydroxyl groups is 3. The Labute approximate surface area is 96.2 Å². The molecule has 0 atom stereocenters. The molecule has 0 saturated carbocycles. The van der Waals surface area contributed by atoms with E-state index in [0.29, 0.717) is 19.4 Å². The Hall–Kier alpha value is -0.250. The molecule has 0 saturated heterocycles. The third-order valence-corrected chi connectivity index (χ3v) is 2.57. The van der Waals surface area contributed by atoms with E-state index in [-0.39, 0.29) is 26.4 Å². The van der Waals surface area contributed by atoms with Crippen molar-refractivity contribution in [2.75, 3.05) is 33.0 Å². The predicted octanol–water partition coefficient (Wildman–Crippen LogP) is -2.39. The minimum absolute atomic E-state index is 0.116. The van der Waals surface area contributed by atoms with Crippen LogP contribution in [0, 0.1) is 0 Å². The standard InChI is InChI=1S/C8H19NO6S/c10-5-8(6-11,7-12)9-3-1-2-4-15-16(13)14/h9-12,16H,1-7H2. The van der Waals surface area contributed by atoms with Crippen LogP contribution in [-0.4, -0.2) is 62.2 Å². The van der Waals surface area contributed by atoms with Crippen LogP contribution in [-0.2, 0) is 15.2 Å². The Bertz CT molecular complexity index is 224. The lowest BCUT2D eigenvalue weighted by Gasteiger charge is -2.28. The molecule has 0 aliphatic rings. The van der Waals surface area contributed by atoms with E-state index in [1.54, 1.807) is 0 Å². The van der Waals surface area contributed by atoms with Crippen molar-refractivity contribution in [3.63, 3.8) is 0 Å². The van der Waals surface area contributed by atoms with Crippen molar-refractivity contribution < 1.29 is 27.9 Å². The summed E-state index contributed by atoms with van der Waals surface area (Å²) in [5.41, 5.74) is -1.08. The molecule has 0 amide bonds. The maximum atomic E-state index is 10.0. The second-order valence-corrected chi connectivity index (χ2v) is 4.15. The average Bonchev–Trinajstić information content (AvgIpc) is 2.29. The second-order valence-electron chi connectivity index (χ2n) is 3.45. The summed E-state index contributed by atoms with van der Waals surface area (Å²) in [6.45, 7) is -0.555. The molecule has 0 aliphatic heterocycles. The van der Waals surface area contributed by atoms with Crippen molar-refractivity contribution >= 4 is 11.0 Å². The molecule has 98 valence electrons. The van der Waals surface area contributed by atoms with Crippen LogP contribution in [0.3, 0.4) is 0 Å². The first-order chi connectivity index (χ1) is 7.60. The second kappa shape index (κ2) is 8.85. The van der Waals surface area contributed by atoms with Crippen molar-refractivity contribution in [1.82, 2.24) is 5.32 Å². The van der Waals surface area contributed by atoms with Gasteiger partial charge in [0.05, 0.1) is 32.0 Å². The van der Waals surface area contributed by atoms with E-state index in [1.807, 2.05) is 0 Å². The fourth-order valence-electron chi connectivity index (χ4n) is 1.04. The lowest BCUT2D eigenvalue weighted by Crippen LogP contribution is -2.55. The fraction of sp³-hybridized carbons (Fsp3) is 1.00. The van der Waals surface area contributed by atoms with Crippen LogP contribution in [0.4, 0.5) is 0 Å². The van der Waals surface area contributed by atoms with Gasteiger partial charge in [0.2, 0.25) is 0 Å². The molecule has 7 nitrogen and oxygen atoms in total. The topological polar surface area (TPSA) is 116 Å². The van der Waals surface area contributed by atoms with Crippen LogP contribution in [0.15, 0.2) is 0 Å². The molecule has 0 heterocycles. The summed E-state index contributed by atoms with van der Waals surface area (Å²) in [7, 11) is -2.79. The molecule has 16 heavy (non-hydrogen) atoms. The first kappa shape index (κ1) is 15.8. The summed E-state index contributed by atoms with van der Waals surface area (Å²) in [4.78, 5) is 0. The van der Waals surface area contributed by atoms with E-state index in [4.69, 9.17) is 15.3 Å². The highest BCUT2D eigenvalue weighted by atomic mass is 32.2. The van der Waals surface area contributed by atoms with E-state index in [2.05, 4.69) is 9.50 Å². The summed E-state index contributed by atoms with van der Waals surface area (Å²) in [6, 6.07) is 0. The minimum atomic E-state index is -2.79. The Morgan fingerprint density at radius 1 is 1.06 bits per heavy atom. The molecule has 4 N–H and O–H groups in total. The van der Waals surface area contributed by atoms with Gasteiger partial charge in [-0.1, -0.05) is 0 Å². The maximum absolute atomic E-state index is 10.0. The summed E-state index contributed by atoms with van der Waals surface area (Å²) in [5.74, 6) is 0. The molecule has 0 aromatic rings. The molecule has 0 rings (SSSR count). The number of rotatable bonds is 10. The molecule has 0 radical (unpaired) electrons. The first-order valence-electron chi connectivity index (χ1n) is 4.95. The van der Waals surface area contributed by atoms with Gasteiger partial charge in [-0.15, -0.1) is 0 Å². The van der Waals surface area contributed by atoms with E-state index >= 15 is 0 Å². The number of thiol groups is 1. The third kappa shape index (κ3) is 6.36. The highest BCUT2D eigenvalue weighted by Crippen LogP contribution is 2.02. The lowest BCUT2D eigenvalue weighted by molar-refractivity contribution is 0.0424. The summed E-state index contributed by atoms with van der Waals surface area (Å²) in [6.07, 6.45) is 1.15. The Morgan fingerprint density at radius 3 is 2.06 bits per heavy atom. The molecule has 8 heteroatoms. The van der Waals surface area contributed by atoms with Gasteiger partial charge >= 0.3 is 0 Å². The van der Waals surface area contributed by atoms with Gasteiger partial charge in [0.1, 0.15) is 0 Å². The largest absolute Gasteiger partial charge is 0.394 e. The fourth-order valence-corrected chi connectivity index (χ4v) is 1.32. The van der Waals surface area contributed by atoms with Gasteiger partial charge in [-0.2, -0.15) is 0 Å². The highest BCUT2D eigenvalue weighted by Gasteiger charge is 2.26. The van der Waals surface area contributed by atoms with Crippen molar-refractivity contribution in [3.8, 4) is 0 Å². The number of hydrogen-bond acceptors (Lipinski definition) is 7. The van der Waals surface area contributed by atoms with Gasteiger partial charge in [0, 0.05) is 0 Å². The molecule has 0 unspecified atom stereocenters. The smallest absolute Gasteiger partial charge is 0.257 e. The summed E-state index contributed by atoms with van der Waals surface area (Å²) < 4.78 is 24.4. The molecule has 0 aliphatic carbocycles.